The van der Waals surface area contributed by atoms with Crippen LogP contribution in [0.1, 0.15) is 51.3 Å². The molecular formula is C17H26FNO. The van der Waals surface area contributed by atoms with E-state index in [0.717, 1.165) is 25.2 Å². The Bertz CT molecular complexity index is 490. The number of anilines is 1. The van der Waals surface area contributed by atoms with Gasteiger partial charge in [0.25, 0.3) is 0 Å². The van der Waals surface area contributed by atoms with Crippen molar-refractivity contribution in [3.63, 3.8) is 0 Å². The predicted octanol–water partition coefficient (Wildman–Crippen LogP) is 4.06. The second-order valence-corrected chi connectivity index (χ2v) is 7.13. The Kier molecular flexibility index (Phi) is 4.10. The van der Waals surface area contributed by atoms with Crippen molar-refractivity contribution in [2.24, 2.45) is 11.3 Å². The summed E-state index contributed by atoms with van der Waals surface area (Å²) in [5.74, 6) is 0.394. The monoisotopic (exact) mass is 279 g/mol. The molecule has 0 spiro atoms. The number of benzene rings is 1. The summed E-state index contributed by atoms with van der Waals surface area (Å²) in [6, 6.07) is 3.36. The molecule has 0 saturated carbocycles. The molecule has 0 amide bonds. The highest BCUT2D eigenvalue weighted by molar-refractivity contribution is 5.57. The molecule has 1 aliphatic heterocycles. The zero-order valence-electron chi connectivity index (χ0n) is 13.2. The minimum absolute atomic E-state index is 0.240. The number of rotatable bonds is 2. The molecule has 0 aromatic heterocycles. The maximum atomic E-state index is 13.7. The van der Waals surface area contributed by atoms with Gasteiger partial charge < -0.3 is 10.0 Å². The largest absolute Gasteiger partial charge is 0.389 e. The van der Waals surface area contributed by atoms with Crippen LogP contribution in [0, 0.1) is 24.1 Å². The number of aryl methyl sites for hydroxylation is 1. The lowest BCUT2D eigenvalue weighted by Gasteiger charge is -2.29. The second-order valence-electron chi connectivity index (χ2n) is 7.13. The molecule has 2 atom stereocenters. The van der Waals surface area contributed by atoms with E-state index >= 15 is 0 Å². The van der Waals surface area contributed by atoms with Gasteiger partial charge >= 0.3 is 0 Å². The van der Waals surface area contributed by atoms with E-state index in [0.29, 0.717) is 17.0 Å². The Hall–Kier alpha value is -1.09. The predicted molar refractivity (Wildman–Crippen MR) is 81.5 cm³/mol. The first-order valence-corrected chi connectivity index (χ1v) is 7.43. The number of hydrogen-bond acceptors (Lipinski definition) is 2. The highest BCUT2D eigenvalue weighted by Crippen LogP contribution is 2.38. The van der Waals surface area contributed by atoms with Gasteiger partial charge in [0.1, 0.15) is 5.82 Å². The van der Waals surface area contributed by atoms with Crippen molar-refractivity contribution < 1.29 is 9.50 Å². The van der Waals surface area contributed by atoms with Crippen molar-refractivity contribution in [3.8, 4) is 0 Å². The molecule has 1 aromatic carbocycles. The Morgan fingerprint density at radius 3 is 2.50 bits per heavy atom. The Labute approximate surface area is 121 Å². The molecule has 1 aromatic rings. The first-order chi connectivity index (χ1) is 9.20. The van der Waals surface area contributed by atoms with Crippen LogP contribution >= 0.6 is 0 Å². The molecule has 0 bridgehead atoms. The lowest BCUT2D eigenvalue weighted by atomic mass is 9.80. The summed E-state index contributed by atoms with van der Waals surface area (Å²) in [7, 11) is 0. The van der Waals surface area contributed by atoms with Crippen LogP contribution in [0.25, 0.3) is 0 Å². The van der Waals surface area contributed by atoms with Crippen molar-refractivity contribution in [2.45, 2.75) is 47.1 Å². The summed E-state index contributed by atoms with van der Waals surface area (Å²) >= 11 is 0. The van der Waals surface area contributed by atoms with Crippen LogP contribution in [0.15, 0.2) is 12.1 Å². The maximum absolute atomic E-state index is 13.7. The van der Waals surface area contributed by atoms with Crippen LogP contribution < -0.4 is 4.90 Å². The molecule has 0 aliphatic carbocycles. The molecule has 1 aliphatic rings. The Morgan fingerprint density at radius 1 is 1.35 bits per heavy atom. The molecule has 0 radical (unpaired) electrons. The number of hydrogen-bond donors (Lipinski definition) is 1. The molecule has 1 N–H and O–H groups in total. The van der Waals surface area contributed by atoms with Gasteiger partial charge in [-0.05, 0) is 49.3 Å². The van der Waals surface area contributed by atoms with Crippen LogP contribution in [0.5, 0.6) is 0 Å². The maximum Gasteiger partial charge on any atom is 0.126 e. The molecule has 20 heavy (non-hydrogen) atoms. The second kappa shape index (κ2) is 5.36. The van der Waals surface area contributed by atoms with E-state index < -0.39 is 6.10 Å². The topological polar surface area (TPSA) is 23.5 Å². The zero-order chi connectivity index (χ0) is 15.1. The molecular weight excluding hydrogens is 253 g/mol. The average Bonchev–Trinajstić information content (AvgIpc) is 2.80. The van der Waals surface area contributed by atoms with Crippen molar-refractivity contribution in [1.82, 2.24) is 0 Å². The van der Waals surface area contributed by atoms with E-state index in [1.54, 1.807) is 13.8 Å². The number of aliphatic hydroxyl groups is 1. The standard InChI is InChI=1S/C17H26FNO/c1-11-8-16(14(12(2)20)9-15(11)18)19-7-6-13(10-19)17(3,4)5/h8-9,12-13,20H,6-7,10H2,1-5H3. The van der Waals surface area contributed by atoms with Gasteiger partial charge in [0.2, 0.25) is 0 Å². The van der Waals surface area contributed by atoms with Crippen molar-refractivity contribution in [1.29, 1.82) is 0 Å². The number of halogens is 1. The summed E-state index contributed by atoms with van der Waals surface area (Å²) in [6.45, 7) is 12.2. The van der Waals surface area contributed by atoms with Gasteiger partial charge in [0.05, 0.1) is 6.10 Å². The molecule has 1 fully saturated rings. The van der Waals surface area contributed by atoms with Gasteiger partial charge in [-0.15, -0.1) is 0 Å². The lowest BCUT2D eigenvalue weighted by Crippen LogP contribution is -2.26. The fourth-order valence-electron chi connectivity index (χ4n) is 2.98. The van der Waals surface area contributed by atoms with Gasteiger partial charge in [-0.25, -0.2) is 4.39 Å². The minimum atomic E-state index is -0.645. The van der Waals surface area contributed by atoms with Crippen LogP contribution in [0.3, 0.4) is 0 Å². The highest BCUT2D eigenvalue weighted by atomic mass is 19.1. The Morgan fingerprint density at radius 2 is 2.00 bits per heavy atom. The van der Waals surface area contributed by atoms with Crippen LogP contribution in [0.2, 0.25) is 0 Å². The summed E-state index contributed by atoms with van der Waals surface area (Å²) in [5.41, 5.74) is 2.62. The van der Waals surface area contributed by atoms with E-state index in [9.17, 15) is 9.50 Å². The van der Waals surface area contributed by atoms with E-state index in [1.807, 2.05) is 6.07 Å². The fourth-order valence-corrected chi connectivity index (χ4v) is 2.98. The van der Waals surface area contributed by atoms with Crippen LogP contribution in [0.4, 0.5) is 10.1 Å². The van der Waals surface area contributed by atoms with Gasteiger partial charge in [-0.2, -0.15) is 0 Å². The van der Waals surface area contributed by atoms with Crippen LogP contribution in [-0.4, -0.2) is 18.2 Å². The summed E-state index contributed by atoms with van der Waals surface area (Å²) in [5, 5.41) is 9.91. The fraction of sp³-hybridized carbons (Fsp3) is 0.647. The zero-order valence-corrected chi connectivity index (χ0v) is 13.2. The Balaban J connectivity index is 2.32. The van der Waals surface area contributed by atoms with Gasteiger partial charge in [0.15, 0.2) is 0 Å². The van der Waals surface area contributed by atoms with E-state index in [1.165, 1.54) is 6.07 Å². The quantitative estimate of drug-likeness (QED) is 0.882. The average molecular weight is 279 g/mol. The van der Waals surface area contributed by atoms with Crippen molar-refractivity contribution in [3.05, 3.63) is 29.1 Å². The first kappa shape index (κ1) is 15.3. The molecule has 2 rings (SSSR count). The van der Waals surface area contributed by atoms with E-state index in [4.69, 9.17) is 0 Å². The lowest BCUT2D eigenvalue weighted by molar-refractivity contribution is 0.199. The normalized spacial score (nSPS) is 21.4. The molecule has 2 unspecified atom stereocenters. The molecule has 1 heterocycles. The van der Waals surface area contributed by atoms with Crippen molar-refractivity contribution in [2.75, 3.05) is 18.0 Å². The molecule has 2 nitrogen and oxygen atoms in total. The first-order valence-electron chi connectivity index (χ1n) is 7.43. The highest BCUT2D eigenvalue weighted by Gasteiger charge is 2.33. The van der Waals surface area contributed by atoms with Gasteiger partial charge in [-0.3, -0.25) is 0 Å². The number of aliphatic hydroxyl groups excluding tert-OH is 1. The van der Waals surface area contributed by atoms with Gasteiger partial charge in [-0.1, -0.05) is 20.8 Å². The molecule has 3 heteroatoms. The third kappa shape index (κ3) is 2.98. The van der Waals surface area contributed by atoms with E-state index in [-0.39, 0.29) is 11.2 Å². The van der Waals surface area contributed by atoms with Crippen LogP contribution in [-0.2, 0) is 0 Å². The third-order valence-corrected chi connectivity index (χ3v) is 4.51. The summed E-state index contributed by atoms with van der Waals surface area (Å²) in [4.78, 5) is 2.30. The third-order valence-electron chi connectivity index (χ3n) is 4.51. The summed E-state index contributed by atoms with van der Waals surface area (Å²) < 4.78 is 13.7. The van der Waals surface area contributed by atoms with Gasteiger partial charge in [0, 0.05) is 24.3 Å². The molecule has 112 valence electrons. The van der Waals surface area contributed by atoms with Crippen molar-refractivity contribution >= 4 is 5.69 Å². The smallest absolute Gasteiger partial charge is 0.126 e. The van der Waals surface area contributed by atoms with E-state index in [2.05, 4.69) is 25.7 Å². The number of nitrogens with zero attached hydrogens (tertiary/aromatic N) is 1. The SMILES string of the molecule is Cc1cc(N2CCC(C(C)(C)C)C2)c(C(C)O)cc1F. The summed E-state index contributed by atoms with van der Waals surface area (Å²) in [6.07, 6.45) is 0.507. The molecule has 1 saturated heterocycles. The minimum Gasteiger partial charge on any atom is -0.389 e.